The molecular formula is C19H26N2O3. The fourth-order valence-electron chi connectivity index (χ4n) is 3.87. The van der Waals surface area contributed by atoms with Gasteiger partial charge in [-0.25, -0.2) is 0 Å². The summed E-state index contributed by atoms with van der Waals surface area (Å²) in [7, 11) is 0. The summed E-state index contributed by atoms with van der Waals surface area (Å²) < 4.78 is 0. The molecule has 1 spiro atoms. The van der Waals surface area contributed by atoms with Crippen LogP contribution in [0.5, 0.6) is 0 Å². The molecule has 5 nitrogen and oxygen atoms in total. The molecule has 1 saturated heterocycles. The SMILES string of the molecule is CC(C)CC(O)NC(=O)c1ccc2c(c1)C[C@@]1(CCNC1=O)CC2. The number of rotatable bonds is 4. The molecule has 2 aliphatic rings. The van der Waals surface area contributed by atoms with E-state index < -0.39 is 6.23 Å². The van der Waals surface area contributed by atoms with Crippen LogP contribution in [0.25, 0.3) is 0 Å². The molecule has 0 aromatic heterocycles. The molecule has 5 heteroatoms. The first kappa shape index (κ1) is 17.0. The molecule has 1 aliphatic heterocycles. The van der Waals surface area contributed by atoms with E-state index in [1.165, 1.54) is 5.56 Å². The molecule has 1 unspecified atom stereocenters. The second kappa shape index (κ2) is 6.55. The van der Waals surface area contributed by atoms with Gasteiger partial charge in [0.05, 0.1) is 5.41 Å². The molecule has 1 aliphatic carbocycles. The van der Waals surface area contributed by atoms with Crippen molar-refractivity contribution in [3.8, 4) is 0 Å². The van der Waals surface area contributed by atoms with Gasteiger partial charge in [0.1, 0.15) is 6.23 Å². The standard InChI is InChI=1S/C19H26N2O3/c1-12(2)9-16(22)21-17(23)14-4-3-13-5-6-19(11-15(13)10-14)7-8-20-18(19)24/h3-4,10,12,16,22H,5-9,11H2,1-2H3,(H,20,24)(H,21,23)/t16?,19-/m0/s1. The van der Waals surface area contributed by atoms with Gasteiger partial charge in [0, 0.05) is 12.1 Å². The highest BCUT2D eigenvalue weighted by molar-refractivity contribution is 5.94. The van der Waals surface area contributed by atoms with Gasteiger partial charge in [-0.15, -0.1) is 0 Å². The van der Waals surface area contributed by atoms with Crippen molar-refractivity contribution >= 4 is 11.8 Å². The lowest BCUT2D eigenvalue weighted by molar-refractivity contribution is -0.128. The van der Waals surface area contributed by atoms with Crippen molar-refractivity contribution in [3.63, 3.8) is 0 Å². The van der Waals surface area contributed by atoms with Crippen LogP contribution in [-0.2, 0) is 17.6 Å². The molecule has 1 aromatic rings. The molecule has 1 fully saturated rings. The second-order valence-corrected chi connectivity index (χ2v) is 7.57. The molecule has 0 radical (unpaired) electrons. The molecule has 2 amide bonds. The van der Waals surface area contributed by atoms with Gasteiger partial charge in [0.25, 0.3) is 5.91 Å². The molecule has 0 saturated carbocycles. The zero-order valence-corrected chi connectivity index (χ0v) is 14.4. The predicted molar refractivity (Wildman–Crippen MR) is 91.5 cm³/mol. The number of carbonyl (C=O) groups excluding carboxylic acids is 2. The average Bonchev–Trinajstić information content (AvgIpc) is 2.86. The number of carbonyl (C=O) groups is 2. The summed E-state index contributed by atoms with van der Waals surface area (Å²) in [5.74, 6) is 0.196. The van der Waals surface area contributed by atoms with Gasteiger partial charge in [0.2, 0.25) is 5.91 Å². The molecule has 24 heavy (non-hydrogen) atoms. The lowest BCUT2D eigenvalue weighted by Crippen LogP contribution is -2.37. The van der Waals surface area contributed by atoms with Crippen LogP contribution < -0.4 is 10.6 Å². The Bertz CT molecular complexity index is 656. The molecule has 0 bridgehead atoms. The Morgan fingerprint density at radius 1 is 1.33 bits per heavy atom. The summed E-state index contributed by atoms with van der Waals surface area (Å²) in [6.07, 6.45) is 3.02. The number of aryl methyl sites for hydroxylation is 1. The zero-order valence-electron chi connectivity index (χ0n) is 14.4. The molecule has 2 atom stereocenters. The van der Waals surface area contributed by atoms with Crippen LogP contribution in [0.15, 0.2) is 18.2 Å². The minimum absolute atomic E-state index is 0.148. The summed E-state index contributed by atoms with van der Waals surface area (Å²) in [5.41, 5.74) is 2.56. The third-order valence-electron chi connectivity index (χ3n) is 5.23. The Morgan fingerprint density at radius 2 is 2.12 bits per heavy atom. The van der Waals surface area contributed by atoms with Gasteiger partial charge in [0.15, 0.2) is 0 Å². The Balaban J connectivity index is 1.75. The zero-order chi connectivity index (χ0) is 17.3. The Morgan fingerprint density at radius 3 is 2.79 bits per heavy atom. The first-order chi connectivity index (χ1) is 11.4. The van der Waals surface area contributed by atoms with Crippen molar-refractivity contribution in [2.75, 3.05) is 6.54 Å². The third kappa shape index (κ3) is 3.31. The van der Waals surface area contributed by atoms with Crippen molar-refractivity contribution in [1.82, 2.24) is 10.6 Å². The number of benzene rings is 1. The van der Waals surface area contributed by atoms with E-state index in [0.29, 0.717) is 24.3 Å². The lowest BCUT2D eigenvalue weighted by Gasteiger charge is -2.32. The Labute approximate surface area is 142 Å². The maximum atomic E-state index is 12.3. The number of aliphatic hydroxyl groups excluding tert-OH is 1. The van der Waals surface area contributed by atoms with E-state index in [2.05, 4.69) is 10.6 Å². The maximum Gasteiger partial charge on any atom is 0.253 e. The summed E-state index contributed by atoms with van der Waals surface area (Å²) in [5, 5.41) is 15.5. The molecule has 1 aromatic carbocycles. The van der Waals surface area contributed by atoms with E-state index >= 15 is 0 Å². The second-order valence-electron chi connectivity index (χ2n) is 7.57. The maximum absolute atomic E-state index is 12.3. The molecule has 3 rings (SSSR count). The van der Waals surface area contributed by atoms with Gasteiger partial charge in [-0.2, -0.15) is 0 Å². The highest BCUT2D eigenvalue weighted by atomic mass is 16.3. The number of fused-ring (bicyclic) bond motifs is 1. The van der Waals surface area contributed by atoms with E-state index in [4.69, 9.17) is 0 Å². The summed E-state index contributed by atoms with van der Waals surface area (Å²) in [6, 6.07) is 5.68. The van der Waals surface area contributed by atoms with Crippen LogP contribution in [0, 0.1) is 11.3 Å². The number of nitrogens with one attached hydrogen (secondary N) is 2. The first-order valence-electron chi connectivity index (χ1n) is 8.79. The van der Waals surface area contributed by atoms with Gasteiger partial charge < -0.3 is 15.7 Å². The molecule has 130 valence electrons. The van der Waals surface area contributed by atoms with Gasteiger partial charge >= 0.3 is 0 Å². The Kier molecular flexibility index (Phi) is 4.63. The van der Waals surface area contributed by atoms with E-state index in [-0.39, 0.29) is 17.2 Å². The number of hydrogen-bond acceptors (Lipinski definition) is 3. The van der Waals surface area contributed by atoms with Crippen LogP contribution >= 0.6 is 0 Å². The topological polar surface area (TPSA) is 78.4 Å². The van der Waals surface area contributed by atoms with Crippen molar-refractivity contribution in [2.24, 2.45) is 11.3 Å². The highest BCUT2D eigenvalue weighted by Gasteiger charge is 2.44. The van der Waals surface area contributed by atoms with Crippen LogP contribution in [0.3, 0.4) is 0 Å². The molecule has 1 heterocycles. The fraction of sp³-hybridized carbons (Fsp3) is 0.579. The van der Waals surface area contributed by atoms with Gasteiger partial charge in [-0.3, -0.25) is 9.59 Å². The number of amides is 2. The quantitative estimate of drug-likeness (QED) is 0.736. The van der Waals surface area contributed by atoms with Crippen LogP contribution in [0.1, 0.15) is 54.6 Å². The van der Waals surface area contributed by atoms with Gasteiger partial charge in [-0.05, 0) is 61.3 Å². The summed E-state index contributed by atoms with van der Waals surface area (Å²) in [6.45, 7) is 4.75. The predicted octanol–water partition coefficient (Wildman–Crippen LogP) is 1.78. The monoisotopic (exact) mass is 330 g/mol. The van der Waals surface area contributed by atoms with Crippen LogP contribution in [-0.4, -0.2) is 29.7 Å². The van der Waals surface area contributed by atoms with Crippen molar-refractivity contribution in [3.05, 3.63) is 34.9 Å². The largest absolute Gasteiger partial charge is 0.374 e. The minimum Gasteiger partial charge on any atom is -0.374 e. The van der Waals surface area contributed by atoms with E-state index in [1.54, 1.807) is 0 Å². The van der Waals surface area contributed by atoms with Crippen LogP contribution in [0.4, 0.5) is 0 Å². The fourth-order valence-corrected chi connectivity index (χ4v) is 3.87. The summed E-state index contributed by atoms with van der Waals surface area (Å²) >= 11 is 0. The van der Waals surface area contributed by atoms with E-state index in [9.17, 15) is 14.7 Å². The number of hydrogen-bond donors (Lipinski definition) is 3. The average molecular weight is 330 g/mol. The minimum atomic E-state index is -0.833. The molecule has 3 N–H and O–H groups in total. The van der Waals surface area contributed by atoms with Gasteiger partial charge in [-0.1, -0.05) is 19.9 Å². The van der Waals surface area contributed by atoms with E-state index in [1.807, 2.05) is 32.0 Å². The molecular weight excluding hydrogens is 304 g/mol. The van der Waals surface area contributed by atoms with Crippen molar-refractivity contribution in [1.29, 1.82) is 0 Å². The number of aliphatic hydroxyl groups is 1. The lowest BCUT2D eigenvalue weighted by atomic mass is 9.70. The third-order valence-corrected chi connectivity index (χ3v) is 5.23. The van der Waals surface area contributed by atoms with Crippen molar-refractivity contribution in [2.45, 2.75) is 52.2 Å². The normalized spacial score (nSPS) is 23.9. The van der Waals surface area contributed by atoms with E-state index in [0.717, 1.165) is 31.4 Å². The first-order valence-corrected chi connectivity index (χ1v) is 8.79. The van der Waals surface area contributed by atoms with Crippen LogP contribution in [0.2, 0.25) is 0 Å². The Hall–Kier alpha value is -1.88. The highest BCUT2D eigenvalue weighted by Crippen LogP contribution is 2.41. The van der Waals surface area contributed by atoms with Crippen molar-refractivity contribution < 1.29 is 14.7 Å². The smallest absolute Gasteiger partial charge is 0.253 e. The summed E-state index contributed by atoms with van der Waals surface area (Å²) in [4.78, 5) is 24.6.